The number of carbonyl (C=O) groups is 1. The number of hydrogen-bond acceptors (Lipinski definition) is 1. The van der Waals surface area contributed by atoms with E-state index < -0.39 is 17.7 Å². The minimum Gasteiger partial charge on any atom is -0.346 e. The molecule has 17 heavy (non-hydrogen) atoms. The van der Waals surface area contributed by atoms with E-state index in [0.29, 0.717) is 0 Å². The Morgan fingerprint density at radius 3 is 2.53 bits per heavy atom. The molecule has 1 aromatic carbocycles. The van der Waals surface area contributed by atoms with E-state index in [1.54, 1.807) is 20.8 Å². The molecule has 0 unspecified atom stereocenters. The first-order valence-electron chi connectivity index (χ1n) is 5.30. The number of nitrogens with one attached hydrogen (secondary N) is 1. The maximum Gasteiger partial charge on any atom is 0.244 e. The van der Waals surface area contributed by atoms with Crippen LogP contribution in [0.3, 0.4) is 0 Å². The molecule has 1 N–H and O–H groups in total. The van der Waals surface area contributed by atoms with Crippen LogP contribution < -0.4 is 5.32 Å². The molecular formula is C13H15F2NO. The highest BCUT2D eigenvalue weighted by Gasteiger charge is 2.12. The Balaban J connectivity index is 2.80. The molecule has 0 aliphatic heterocycles. The molecule has 2 nitrogen and oxygen atoms in total. The van der Waals surface area contributed by atoms with Gasteiger partial charge < -0.3 is 5.32 Å². The number of allylic oxidation sites excluding steroid dienone is 1. The largest absolute Gasteiger partial charge is 0.346 e. The molecule has 0 bridgehead atoms. The van der Waals surface area contributed by atoms with Gasteiger partial charge in [0.05, 0.1) is 6.04 Å². The summed E-state index contributed by atoms with van der Waals surface area (Å²) in [6, 6.07) is 2.80. The van der Waals surface area contributed by atoms with E-state index in [9.17, 15) is 13.6 Å². The standard InChI is InChI=1S/C13H15F2NO/c1-8(2)6-13(17)16-9(3)11-5-4-10(14)7-12(11)15/h4-7,9H,1-3H3,(H,16,17)/t9-/m1/s1. The van der Waals surface area contributed by atoms with Gasteiger partial charge in [-0.3, -0.25) is 4.79 Å². The average Bonchev–Trinajstić information content (AvgIpc) is 2.15. The lowest BCUT2D eigenvalue weighted by Gasteiger charge is -2.14. The number of benzene rings is 1. The van der Waals surface area contributed by atoms with Gasteiger partial charge in [0.15, 0.2) is 0 Å². The molecule has 0 fully saturated rings. The van der Waals surface area contributed by atoms with E-state index in [0.717, 1.165) is 11.6 Å². The first kappa shape index (κ1) is 13.4. The quantitative estimate of drug-likeness (QED) is 0.807. The summed E-state index contributed by atoms with van der Waals surface area (Å²) in [5.41, 5.74) is 1.12. The summed E-state index contributed by atoms with van der Waals surface area (Å²) in [7, 11) is 0. The molecule has 92 valence electrons. The Morgan fingerprint density at radius 2 is 2.00 bits per heavy atom. The van der Waals surface area contributed by atoms with Gasteiger partial charge in [0.1, 0.15) is 11.6 Å². The van der Waals surface area contributed by atoms with E-state index in [1.165, 1.54) is 18.2 Å². The third kappa shape index (κ3) is 3.98. The highest BCUT2D eigenvalue weighted by Crippen LogP contribution is 2.17. The van der Waals surface area contributed by atoms with Crippen LogP contribution in [-0.2, 0) is 4.79 Å². The molecule has 0 aliphatic rings. The second kappa shape index (κ2) is 5.57. The molecule has 1 aromatic rings. The molecule has 4 heteroatoms. The fourth-order valence-corrected chi connectivity index (χ4v) is 1.45. The van der Waals surface area contributed by atoms with Crippen LogP contribution in [0.2, 0.25) is 0 Å². The molecule has 1 amide bonds. The van der Waals surface area contributed by atoms with Crippen LogP contribution in [-0.4, -0.2) is 5.91 Å². The Hall–Kier alpha value is -1.71. The molecule has 0 saturated heterocycles. The van der Waals surface area contributed by atoms with Crippen LogP contribution in [0.4, 0.5) is 8.78 Å². The van der Waals surface area contributed by atoms with Crippen molar-refractivity contribution in [2.24, 2.45) is 0 Å². The predicted molar refractivity (Wildman–Crippen MR) is 62.3 cm³/mol. The summed E-state index contributed by atoms with van der Waals surface area (Å²) in [5.74, 6) is -1.58. The fraction of sp³-hybridized carbons (Fsp3) is 0.308. The second-order valence-corrected chi connectivity index (χ2v) is 4.12. The van der Waals surface area contributed by atoms with E-state index in [1.807, 2.05) is 0 Å². The van der Waals surface area contributed by atoms with E-state index >= 15 is 0 Å². The minimum absolute atomic E-state index is 0.266. The second-order valence-electron chi connectivity index (χ2n) is 4.12. The lowest BCUT2D eigenvalue weighted by atomic mass is 10.1. The summed E-state index contributed by atoms with van der Waals surface area (Å²) in [6.45, 7) is 5.23. The van der Waals surface area contributed by atoms with Crippen molar-refractivity contribution in [1.29, 1.82) is 0 Å². The van der Waals surface area contributed by atoms with Gasteiger partial charge in [-0.25, -0.2) is 8.78 Å². The summed E-state index contributed by atoms with van der Waals surface area (Å²) in [5, 5.41) is 2.61. The average molecular weight is 239 g/mol. The maximum atomic E-state index is 13.4. The Labute approximate surface area is 99.3 Å². The maximum absolute atomic E-state index is 13.4. The molecule has 0 spiro atoms. The lowest BCUT2D eigenvalue weighted by molar-refractivity contribution is -0.117. The Kier molecular flexibility index (Phi) is 4.37. The van der Waals surface area contributed by atoms with E-state index in [4.69, 9.17) is 0 Å². The van der Waals surface area contributed by atoms with Crippen molar-refractivity contribution in [1.82, 2.24) is 5.32 Å². The molecule has 0 aromatic heterocycles. The fourth-order valence-electron chi connectivity index (χ4n) is 1.45. The molecule has 0 radical (unpaired) electrons. The third-order valence-corrected chi connectivity index (χ3v) is 2.21. The Morgan fingerprint density at radius 1 is 1.35 bits per heavy atom. The van der Waals surface area contributed by atoms with Crippen LogP contribution in [0.5, 0.6) is 0 Å². The van der Waals surface area contributed by atoms with Crippen molar-refractivity contribution < 1.29 is 13.6 Å². The third-order valence-electron chi connectivity index (χ3n) is 2.21. The predicted octanol–water partition coefficient (Wildman–Crippen LogP) is 3.11. The lowest BCUT2D eigenvalue weighted by Crippen LogP contribution is -2.25. The van der Waals surface area contributed by atoms with Gasteiger partial charge >= 0.3 is 0 Å². The molecule has 0 aliphatic carbocycles. The zero-order chi connectivity index (χ0) is 13.0. The first-order chi connectivity index (χ1) is 7.90. The molecular weight excluding hydrogens is 224 g/mol. The van der Waals surface area contributed by atoms with E-state index in [2.05, 4.69) is 5.32 Å². The summed E-state index contributed by atoms with van der Waals surface area (Å²) >= 11 is 0. The van der Waals surface area contributed by atoms with Gasteiger partial charge in [0, 0.05) is 17.7 Å². The smallest absolute Gasteiger partial charge is 0.244 e. The monoisotopic (exact) mass is 239 g/mol. The topological polar surface area (TPSA) is 29.1 Å². The molecule has 0 heterocycles. The van der Waals surface area contributed by atoms with Crippen molar-refractivity contribution in [2.45, 2.75) is 26.8 Å². The van der Waals surface area contributed by atoms with Gasteiger partial charge in [-0.05, 0) is 26.8 Å². The summed E-state index contributed by atoms with van der Waals surface area (Å²) < 4.78 is 26.1. The first-order valence-corrected chi connectivity index (χ1v) is 5.30. The highest BCUT2D eigenvalue weighted by molar-refractivity contribution is 5.88. The van der Waals surface area contributed by atoms with Crippen LogP contribution >= 0.6 is 0 Å². The van der Waals surface area contributed by atoms with Gasteiger partial charge in [-0.2, -0.15) is 0 Å². The molecule has 0 saturated carbocycles. The van der Waals surface area contributed by atoms with Crippen molar-refractivity contribution in [3.63, 3.8) is 0 Å². The van der Waals surface area contributed by atoms with Gasteiger partial charge in [-0.1, -0.05) is 11.6 Å². The highest BCUT2D eigenvalue weighted by atomic mass is 19.1. The van der Waals surface area contributed by atoms with Crippen LogP contribution in [0.15, 0.2) is 29.8 Å². The van der Waals surface area contributed by atoms with Gasteiger partial charge in [-0.15, -0.1) is 0 Å². The van der Waals surface area contributed by atoms with Crippen LogP contribution in [0.25, 0.3) is 0 Å². The number of carbonyl (C=O) groups excluding carboxylic acids is 1. The summed E-state index contributed by atoms with van der Waals surface area (Å²) in [6.07, 6.45) is 1.43. The SMILES string of the molecule is CC(C)=CC(=O)N[C@H](C)c1ccc(F)cc1F. The van der Waals surface area contributed by atoms with E-state index in [-0.39, 0.29) is 11.5 Å². The zero-order valence-electron chi connectivity index (χ0n) is 10.1. The Bertz CT molecular complexity index is 451. The van der Waals surface area contributed by atoms with Crippen molar-refractivity contribution in [3.8, 4) is 0 Å². The number of rotatable bonds is 3. The van der Waals surface area contributed by atoms with Crippen LogP contribution in [0.1, 0.15) is 32.4 Å². The van der Waals surface area contributed by atoms with Crippen molar-refractivity contribution in [2.75, 3.05) is 0 Å². The number of hydrogen-bond donors (Lipinski definition) is 1. The van der Waals surface area contributed by atoms with Gasteiger partial charge in [0.2, 0.25) is 5.91 Å². The zero-order valence-corrected chi connectivity index (χ0v) is 10.1. The number of halogens is 2. The van der Waals surface area contributed by atoms with Crippen molar-refractivity contribution in [3.05, 3.63) is 47.0 Å². The summed E-state index contributed by atoms with van der Waals surface area (Å²) in [4.78, 5) is 11.4. The van der Waals surface area contributed by atoms with Crippen molar-refractivity contribution >= 4 is 5.91 Å². The normalized spacial score (nSPS) is 11.8. The number of amides is 1. The minimum atomic E-state index is -0.657. The van der Waals surface area contributed by atoms with Crippen LogP contribution in [0, 0.1) is 11.6 Å². The van der Waals surface area contributed by atoms with Gasteiger partial charge in [0.25, 0.3) is 0 Å². The molecule has 1 atom stereocenters. The molecule has 1 rings (SSSR count).